The average molecular weight is 480 g/mol. The van der Waals surface area contributed by atoms with Crippen molar-refractivity contribution in [2.45, 2.75) is 25.0 Å². The molecule has 0 spiro atoms. The van der Waals surface area contributed by atoms with Crippen molar-refractivity contribution in [1.29, 1.82) is 0 Å². The number of hydrogen-bond acceptors (Lipinski definition) is 8. The number of likely N-dealkylation sites (tertiary alicyclic amines) is 1. The standard InChI is InChI=1S/C25H29N5O5/c1-35-20-5-6-23-22(14-20)21(7-10-26-23)24(31)16-29-11-8-17(9-12-29)27-15-25(32)28-18-3-2-4-19(13-18)30(33)34/h2-7,10,13-14,17,24,27,31H,8-9,11-12,15-16H2,1H3,(H,28,32)/t24-/m1/s1. The molecule has 3 N–H and O–H groups in total. The van der Waals surface area contributed by atoms with Crippen LogP contribution in [0.25, 0.3) is 10.9 Å². The third-order valence-electron chi connectivity index (χ3n) is 6.25. The van der Waals surface area contributed by atoms with Gasteiger partial charge in [0.05, 0.1) is 30.2 Å². The lowest BCUT2D eigenvalue weighted by molar-refractivity contribution is -0.384. The second-order valence-electron chi connectivity index (χ2n) is 8.61. The molecule has 4 rings (SSSR count). The Morgan fingerprint density at radius 2 is 2.06 bits per heavy atom. The first kappa shape index (κ1) is 24.5. The molecule has 184 valence electrons. The molecule has 35 heavy (non-hydrogen) atoms. The molecule has 1 aromatic heterocycles. The highest BCUT2D eigenvalue weighted by Gasteiger charge is 2.23. The molecular formula is C25H29N5O5. The largest absolute Gasteiger partial charge is 0.497 e. The van der Waals surface area contributed by atoms with E-state index in [1.165, 1.54) is 18.2 Å². The van der Waals surface area contributed by atoms with Gasteiger partial charge in [0.1, 0.15) is 5.75 Å². The Balaban J connectivity index is 1.25. The van der Waals surface area contributed by atoms with Crippen molar-refractivity contribution in [2.24, 2.45) is 0 Å². The number of aromatic nitrogens is 1. The maximum atomic E-state index is 12.3. The number of anilines is 1. The van der Waals surface area contributed by atoms with Gasteiger partial charge in [0.2, 0.25) is 5.91 Å². The van der Waals surface area contributed by atoms with Crippen LogP contribution in [0, 0.1) is 10.1 Å². The third-order valence-corrected chi connectivity index (χ3v) is 6.25. The van der Waals surface area contributed by atoms with Crippen LogP contribution in [-0.2, 0) is 4.79 Å². The summed E-state index contributed by atoms with van der Waals surface area (Å²) >= 11 is 0. The summed E-state index contributed by atoms with van der Waals surface area (Å²) in [6.07, 6.45) is 2.75. The highest BCUT2D eigenvalue weighted by molar-refractivity contribution is 5.92. The minimum Gasteiger partial charge on any atom is -0.497 e. The van der Waals surface area contributed by atoms with Crippen LogP contribution in [0.5, 0.6) is 5.75 Å². The number of nitrogens with one attached hydrogen (secondary N) is 2. The van der Waals surface area contributed by atoms with Gasteiger partial charge < -0.3 is 25.4 Å². The van der Waals surface area contributed by atoms with Crippen molar-refractivity contribution < 1.29 is 19.6 Å². The Kier molecular flexibility index (Phi) is 7.86. The van der Waals surface area contributed by atoms with E-state index in [1.807, 2.05) is 24.3 Å². The van der Waals surface area contributed by atoms with Crippen molar-refractivity contribution in [3.05, 3.63) is 70.4 Å². The molecule has 3 aromatic rings. The van der Waals surface area contributed by atoms with Gasteiger partial charge in [0.15, 0.2) is 0 Å². The van der Waals surface area contributed by atoms with Crippen LogP contribution in [-0.4, -0.2) is 65.2 Å². The number of pyridine rings is 1. The van der Waals surface area contributed by atoms with E-state index < -0.39 is 11.0 Å². The van der Waals surface area contributed by atoms with Crippen molar-refractivity contribution in [3.63, 3.8) is 0 Å². The number of nitro benzene ring substituents is 1. The van der Waals surface area contributed by atoms with Gasteiger partial charge in [0, 0.05) is 42.0 Å². The van der Waals surface area contributed by atoms with Crippen LogP contribution < -0.4 is 15.4 Å². The number of methoxy groups -OCH3 is 1. The first-order valence-corrected chi connectivity index (χ1v) is 11.5. The number of nitro groups is 1. The van der Waals surface area contributed by atoms with Gasteiger partial charge in [-0.05, 0) is 61.8 Å². The van der Waals surface area contributed by atoms with Crippen LogP contribution >= 0.6 is 0 Å². The molecule has 10 nitrogen and oxygen atoms in total. The lowest BCUT2D eigenvalue weighted by atomic mass is 10.0. The number of ether oxygens (including phenoxy) is 1. The summed E-state index contributed by atoms with van der Waals surface area (Å²) in [6.45, 7) is 2.23. The summed E-state index contributed by atoms with van der Waals surface area (Å²) in [5.74, 6) is 0.476. The molecule has 1 saturated heterocycles. The molecule has 1 atom stereocenters. The molecule has 0 radical (unpaired) electrons. The monoisotopic (exact) mass is 479 g/mol. The SMILES string of the molecule is COc1ccc2nccc([C@H](O)CN3CCC(NCC(=O)Nc4cccc([N+](=O)[O-])c4)CC3)c2c1. The number of carbonyl (C=O) groups excluding carboxylic acids is 1. The zero-order chi connectivity index (χ0) is 24.8. The maximum Gasteiger partial charge on any atom is 0.271 e. The van der Waals surface area contributed by atoms with Crippen molar-refractivity contribution >= 4 is 28.2 Å². The van der Waals surface area contributed by atoms with E-state index in [-0.39, 0.29) is 24.2 Å². The molecule has 10 heteroatoms. The van der Waals surface area contributed by atoms with E-state index in [2.05, 4.69) is 20.5 Å². The number of rotatable bonds is 9. The Bertz CT molecular complexity index is 1200. The predicted molar refractivity (Wildman–Crippen MR) is 132 cm³/mol. The summed E-state index contributed by atoms with van der Waals surface area (Å²) in [6, 6.07) is 13.6. The van der Waals surface area contributed by atoms with Crippen molar-refractivity contribution in [1.82, 2.24) is 15.2 Å². The third kappa shape index (κ3) is 6.30. The van der Waals surface area contributed by atoms with Crippen LogP contribution in [0.15, 0.2) is 54.7 Å². The van der Waals surface area contributed by atoms with Crippen LogP contribution in [0.4, 0.5) is 11.4 Å². The summed E-state index contributed by atoms with van der Waals surface area (Å²) in [5.41, 5.74) is 1.97. The molecule has 1 amide bonds. The minimum atomic E-state index is -0.655. The van der Waals surface area contributed by atoms with Gasteiger partial charge >= 0.3 is 0 Å². The number of amides is 1. The number of fused-ring (bicyclic) bond motifs is 1. The van der Waals surface area contributed by atoms with E-state index >= 15 is 0 Å². The summed E-state index contributed by atoms with van der Waals surface area (Å²) in [5, 5.41) is 28.7. The number of hydrogen-bond donors (Lipinski definition) is 3. The number of β-amino-alcohol motifs (C(OH)–C–C–N with tert-alkyl or cyclic N) is 1. The zero-order valence-electron chi connectivity index (χ0n) is 19.5. The molecular weight excluding hydrogens is 450 g/mol. The smallest absolute Gasteiger partial charge is 0.271 e. The second-order valence-corrected chi connectivity index (χ2v) is 8.61. The Morgan fingerprint density at radius 1 is 1.26 bits per heavy atom. The van der Waals surface area contributed by atoms with Crippen molar-refractivity contribution in [2.75, 3.05) is 38.6 Å². The number of piperidine rings is 1. The van der Waals surface area contributed by atoms with Gasteiger partial charge in [-0.3, -0.25) is 19.9 Å². The van der Waals surface area contributed by atoms with E-state index in [9.17, 15) is 20.0 Å². The van der Waals surface area contributed by atoms with E-state index in [4.69, 9.17) is 4.74 Å². The van der Waals surface area contributed by atoms with Gasteiger partial charge in [0.25, 0.3) is 5.69 Å². The Hall–Kier alpha value is -3.60. The highest BCUT2D eigenvalue weighted by atomic mass is 16.6. The normalized spacial score (nSPS) is 15.6. The molecule has 0 aliphatic carbocycles. The molecule has 0 unspecified atom stereocenters. The van der Waals surface area contributed by atoms with Gasteiger partial charge in [-0.15, -0.1) is 0 Å². The lowest BCUT2D eigenvalue weighted by Crippen LogP contribution is -2.45. The number of nitrogens with zero attached hydrogens (tertiary/aromatic N) is 3. The number of benzene rings is 2. The van der Waals surface area contributed by atoms with E-state index in [0.29, 0.717) is 12.2 Å². The number of aliphatic hydroxyl groups is 1. The van der Waals surface area contributed by atoms with Crippen molar-refractivity contribution in [3.8, 4) is 5.75 Å². The highest BCUT2D eigenvalue weighted by Crippen LogP contribution is 2.27. The first-order valence-electron chi connectivity index (χ1n) is 11.5. The number of aliphatic hydroxyl groups excluding tert-OH is 1. The topological polar surface area (TPSA) is 130 Å². The molecule has 2 heterocycles. The quantitative estimate of drug-likeness (QED) is 0.316. The summed E-state index contributed by atoms with van der Waals surface area (Å²) < 4.78 is 5.32. The van der Waals surface area contributed by atoms with Crippen LogP contribution in [0.3, 0.4) is 0 Å². The Labute approximate surface area is 203 Å². The predicted octanol–water partition coefficient (Wildman–Crippen LogP) is 2.88. The number of non-ortho nitro benzene ring substituents is 1. The van der Waals surface area contributed by atoms with Crippen LogP contribution in [0.2, 0.25) is 0 Å². The molecule has 1 aliphatic rings. The average Bonchev–Trinajstić information content (AvgIpc) is 2.87. The fourth-order valence-corrected chi connectivity index (χ4v) is 4.37. The molecule has 0 bridgehead atoms. The lowest BCUT2D eigenvalue weighted by Gasteiger charge is -2.33. The molecule has 0 saturated carbocycles. The van der Waals surface area contributed by atoms with Gasteiger partial charge in [-0.25, -0.2) is 0 Å². The summed E-state index contributed by atoms with van der Waals surface area (Å²) in [4.78, 5) is 29.2. The fourth-order valence-electron chi connectivity index (χ4n) is 4.37. The number of carbonyl (C=O) groups is 1. The fraction of sp³-hybridized carbons (Fsp3) is 0.360. The van der Waals surface area contributed by atoms with Gasteiger partial charge in [-0.1, -0.05) is 6.07 Å². The van der Waals surface area contributed by atoms with Gasteiger partial charge in [-0.2, -0.15) is 0 Å². The first-order chi connectivity index (χ1) is 16.9. The minimum absolute atomic E-state index is 0.0655. The molecule has 1 fully saturated rings. The summed E-state index contributed by atoms with van der Waals surface area (Å²) in [7, 11) is 1.61. The Morgan fingerprint density at radius 3 is 2.80 bits per heavy atom. The molecule has 1 aliphatic heterocycles. The zero-order valence-corrected chi connectivity index (χ0v) is 19.5. The van der Waals surface area contributed by atoms with E-state index in [1.54, 1.807) is 19.4 Å². The molecule has 2 aromatic carbocycles. The van der Waals surface area contributed by atoms with Crippen LogP contribution in [0.1, 0.15) is 24.5 Å². The second kappa shape index (κ2) is 11.2. The maximum absolute atomic E-state index is 12.3. The van der Waals surface area contributed by atoms with E-state index in [0.717, 1.165) is 48.1 Å².